The van der Waals surface area contributed by atoms with Crippen LogP contribution in [0.4, 0.5) is 4.79 Å². The van der Waals surface area contributed by atoms with Gasteiger partial charge >= 0.3 is 6.03 Å². The Morgan fingerprint density at radius 1 is 0.875 bits per heavy atom. The van der Waals surface area contributed by atoms with Gasteiger partial charge in [0.1, 0.15) is 0 Å². The topological polar surface area (TPSA) is 49.4 Å². The summed E-state index contributed by atoms with van der Waals surface area (Å²) in [6.45, 7) is 0.409. The van der Waals surface area contributed by atoms with Crippen LogP contribution in [0.3, 0.4) is 0 Å². The van der Waals surface area contributed by atoms with Crippen molar-refractivity contribution < 1.29 is 9.59 Å². The number of rotatable bonds is 6. The van der Waals surface area contributed by atoms with Gasteiger partial charge in [-0.15, -0.1) is 0 Å². The fraction of sp³-hybridized carbons (Fsp3) is 0.263. The van der Waals surface area contributed by atoms with E-state index in [0.717, 1.165) is 29.7 Å². The molecule has 0 spiro atoms. The molecule has 1 heterocycles. The van der Waals surface area contributed by atoms with Crippen molar-refractivity contribution in [1.29, 1.82) is 0 Å². The molecular formula is C19H20N2O2S. The number of benzene rings is 2. The van der Waals surface area contributed by atoms with E-state index in [1.165, 1.54) is 4.90 Å². The number of thiol groups is 1. The summed E-state index contributed by atoms with van der Waals surface area (Å²) in [6, 6.07) is 18.5. The average Bonchev–Trinajstić information content (AvgIpc) is 2.89. The Kier molecular flexibility index (Phi) is 4.90. The zero-order valence-corrected chi connectivity index (χ0v) is 14.2. The lowest BCUT2D eigenvalue weighted by Crippen LogP contribution is -2.45. The molecule has 1 fully saturated rings. The zero-order chi connectivity index (χ0) is 17.0. The van der Waals surface area contributed by atoms with Crippen LogP contribution in [0.2, 0.25) is 0 Å². The molecule has 3 amide bonds. The highest BCUT2D eigenvalue weighted by molar-refractivity contribution is 7.80. The number of carbonyl (C=O) groups is 2. The molecule has 5 heteroatoms. The number of nitrogens with zero attached hydrogens (tertiary/aromatic N) is 1. The maximum absolute atomic E-state index is 13.3. The van der Waals surface area contributed by atoms with Crippen LogP contribution in [0.5, 0.6) is 0 Å². The third-order valence-corrected chi connectivity index (χ3v) is 4.63. The van der Waals surface area contributed by atoms with Crippen molar-refractivity contribution in [2.75, 3.05) is 12.3 Å². The first-order valence-corrected chi connectivity index (χ1v) is 8.69. The van der Waals surface area contributed by atoms with Gasteiger partial charge in [-0.2, -0.15) is 12.6 Å². The minimum atomic E-state index is -1.15. The molecule has 2 aromatic carbocycles. The van der Waals surface area contributed by atoms with Gasteiger partial charge in [-0.25, -0.2) is 4.79 Å². The first-order valence-electron chi connectivity index (χ1n) is 8.06. The molecule has 0 atom stereocenters. The van der Waals surface area contributed by atoms with Gasteiger partial charge in [-0.3, -0.25) is 9.69 Å². The highest BCUT2D eigenvalue weighted by Gasteiger charge is 2.53. The Hall–Kier alpha value is -2.27. The van der Waals surface area contributed by atoms with Crippen LogP contribution in [0.15, 0.2) is 60.7 Å². The van der Waals surface area contributed by atoms with Crippen LogP contribution in [-0.4, -0.2) is 29.1 Å². The average molecular weight is 340 g/mol. The second kappa shape index (κ2) is 7.09. The lowest BCUT2D eigenvalue weighted by atomic mass is 9.82. The van der Waals surface area contributed by atoms with Crippen molar-refractivity contribution in [3.05, 3.63) is 71.8 Å². The Bertz CT molecular complexity index is 679. The monoisotopic (exact) mass is 340 g/mol. The first-order chi connectivity index (χ1) is 11.7. The summed E-state index contributed by atoms with van der Waals surface area (Å²) in [4.78, 5) is 27.1. The van der Waals surface area contributed by atoms with Gasteiger partial charge in [0.2, 0.25) is 0 Å². The lowest BCUT2D eigenvalue weighted by molar-refractivity contribution is -0.130. The quantitative estimate of drug-likeness (QED) is 0.482. The third-order valence-electron chi connectivity index (χ3n) is 4.31. The van der Waals surface area contributed by atoms with Gasteiger partial charge in [0.25, 0.3) is 5.91 Å². The number of unbranched alkanes of at least 4 members (excludes halogenated alkanes) is 1. The molecule has 0 radical (unpaired) electrons. The fourth-order valence-electron chi connectivity index (χ4n) is 3.10. The number of hydrogen-bond acceptors (Lipinski definition) is 3. The van der Waals surface area contributed by atoms with Crippen molar-refractivity contribution in [2.45, 2.75) is 18.4 Å². The van der Waals surface area contributed by atoms with Crippen LogP contribution >= 0.6 is 12.6 Å². The molecule has 1 N–H and O–H groups in total. The molecule has 3 rings (SSSR count). The molecule has 0 aliphatic carbocycles. The fourth-order valence-corrected chi connectivity index (χ4v) is 3.32. The molecule has 24 heavy (non-hydrogen) atoms. The van der Waals surface area contributed by atoms with Crippen molar-refractivity contribution in [3.63, 3.8) is 0 Å². The van der Waals surface area contributed by atoms with Crippen molar-refractivity contribution >= 4 is 24.6 Å². The number of amides is 3. The second-order valence-corrected chi connectivity index (χ2v) is 6.25. The molecule has 0 saturated carbocycles. The maximum atomic E-state index is 13.3. The molecule has 0 aromatic heterocycles. The standard InChI is InChI=1S/C19H20N2O2S/c22-17-19(15-9-3-1-4-10-15,16-11-5-2-6-12-16)20-18(23)21(17)13-7-8-14-24/h1-6,9-12,24H,7-8,13-14H2,(H,20,23). The highest BCUT2D eigenvalue weighted by Crippen LogP contribution is 2.35. The van der Waals surface area contributed by atoms with E-state index in [9.17, 15) is 9.59 Å². The van der Waals surface area contributed by atoms with E-state index >= 15 is 0 Å². The van der Waals surface area contributed by atoms with Gasteiger partial charge in [0.15, 0.2) is 5.54 Å². The Morgan fingerprint density at radius 3 is 1.92 bits per heavy atom. The Morgan fingerprint density at radius 2 is 1.42 bits per heavy atom. The minimum absolute atomic E-state index is 0.218. The summed E-state index contributed by atoms with van der Waals surface area (Å²) in [7, 11) is 0. The summed E-state index contributed by atoms with van der Waals surface area (Å²) in [5, 5.41) is 2.95. The molecule has 0 unspecified atom stereocenters. The predicted molar refractivity (Wildman–Crippen MR) is 97.0 cm³/mol. The van der Waals surface area contributed by atoms with Gasteiger partial charge < -0.3 is 5.32 Å². The Labute approximate surface area is 147 Å². The summed E-state index contributed by atoms with van der Waals surface area (Å²) in [5.41, 5.74) is 0.387. The number of imide groups is 1. The van der Waals surface area contributed by atoms with Crippen LogP contribution in [0, 0.1) is 0 Å². The molecule has 2 aromatic rings. The van der Waals surface area contributed by atoms with Gasteiger partial charge in [0.05, 0.1) is 0 Å². The van der Waals surface area contributed by atoms with E-state index in [-0.39, 0.29) is 11.9 Å². The van der Waals surface area contributed by atoms with Gasteiger partial charge in [-0.05, 0) is 29.7 Å². The number of urea groups is 1. The molecule has 124 valence electrons. The van der Waals surface area contributed by atoms with E-state index in [1.807, 2.05) is 60.7 Å². The molecule has 0 bridgehead atoms. The maximum Gasteiger partial charge on any atom is 0.325 e. The zero-order valence-electron chi connectivity index (χ0n) is 13.3. The van der Waals surface area contributed by atoms with Crippen LogP contribution < -0.4 is 5.32 Å². The largest absolute Gasteiger partial charge is 0.325 e. The molecular weight excluding hydrogens is 320 g/mol. The van der Waals surface area contributed by atoms with E-state index < -0.39 is 5.54 Å². The van der Waals surface area contributed by atoms with E-state index in [2.05, 4.69) is 17.9 Å². The van der Waals surface area contributed by atoms with E-state index in [4.69, 9.17) is 0 Å². The van der Waals surface area contributed by atoms with E-state index in [0.29, 0.717) is 6.54 Å². The molecule has 1 saturated heterocycles. The van der Waals surface area contributed by atoms with Crippen molar-refractivity contribution in [3.8, 4) is 0 Å². The smallest absolute Gasteiger partial charge is 0.315 e. The predicted octanol–water partition coefficient (Wildman–Crippen LogP) is 3.19. The lowest BCUT2D eigenvalue weighted by Gasteiger charge is -2.28. The molecule has 1 aliphatic heterocycles. The molecule has 1 aliphatic rings. The summed E-state index contributed by atoms with van der Waals surface area (Å²) < 4.78 is 0. The third kappa shape index (κ3) is 2.80. The second-order valence-electron chi connectivity index (χ2n) is 5.80. The first kappa shape index (κ1) is 16.6. The number of nitrogens with one attached hydrogen (secondary N) is 1. The SMILES string of the molecule is O=C1NC(c2ccccc2)(c2ccccc2)C(=O)N1CCCCS. The molecule has 4 nitrogen and oxygen atoms in total. The normalized spacial score (nSPS) is 16.3. The highest BCUT2D eigenvalue weighted by atomic mass is 32.1. The number of hydrogen-bond donors (Lipinski definition) is 2. The van der Waals surface area contributed by atoms with Crippen molar-refractivity contribution in [2.24, 2.45) is 0 Å². The number of carbonyl (C=O) groups excluding carboxylic acids is 2. The van der Waals surface area contributed by atoms with Crippen LogP contribution in [-0.2, 0) is 10.3 Å². The van der Waals surface area contributed by atoms with Gasteiger partial charge in [-0.1, -0.05) is 60.7 Å². The van der Waals surface area contributed by atoms with E-state index in [1.54, 1.807) is 0 Å². The van der Waals surface area contributed by atoms with Crippen LogP contribution in [0.1, 0.15) is 24.0 Å². The summed E-state index contributed by atoms with van der Waals surface area (Å²) in [6.07, 6.45) is 1.62. The summed E-state index contributed by atoms with van der Waals surface area (Å²) >= 11 is 4.19. The van der Waals surface area contributed by atoms with Crippen LogP contribution in [0.25, 0.3) is 0 Å². The van der Waals surface area contributed by atoms with Crippen molar-refractivity contribution in [1.82, 2.24) is 10.2 Å². The minimum Gasteiger partial charge on any atom is -0.315 e. The Balaban J connectivity index is 2.04. The van der Waals surface area contributed by atoms with Gasteiger partial charge in [0, 0.05) is 6.54 Å². The summed E-state index contributed by atoms with van der Waals surface area (Å²) in [5.74, 6) is 0.524.